The van der Waals surface area contributed by atoms with Crippen LogP contribution in [0.25, 0.3) is 0 Å². The number of aromatic nitrogens is 1. The minimum absolute atomic E-state index is 0.0959. The molecule has 0 bridgehead atoms. The molecule has 1 aromatic heterocycles. The number of nitrogens with one attached hydrogen (secondary N) is 1. The third-order valence-corrected chi connectivity index (χ3v) is 3.27. The third kappa shape index (κ3) is 2.09. The van der Waals surface area contributed by atoms with Crippen LogP contribution < -0.4 is 11.1 Å². The first-order valence-electron chi connectivity index (χ1n) is 5.52. The lowest BCUT2D eigenvalue weighted by Gasteiger charge is -2.37. The van der Waals surface area contributed by atoms with Crippen LogP contribution in [0, 0.1) is 13.8 Å². The van der Waals surface area contributed by atoms with Crippen molar-refractivity contribution in [2.24, 2.45) is 5.73 Å². The van der Waals surface area contributed by atoms with Crippen molar-refractivity contribution in [3.63, 3.8) is 0 Å². The van der Waals surface area contributed by atoms with E-state index in [2.05, 4.69) is 10.5 Å². The number of hydrogen-bond donors (Lipinski definition) is 2. The second kappa shape index (κ2) is 3.90. The highest BCUT2D eigenvalue weighted by Gasteiger charge is 2.34. The number of amides is 1. The molecule has 1 amide bonds. The van der Waals surface area contributed by atoms with Crippen molar-refractivity contribution < 1.29 is 9.32 Å². The lowest BCUT2D eigenvalue weighted by molar-refractivity contribution is -0.118. The Bertz CT molecular complexity index is 407. The molecule has 0 saturated heterocycles. The Morgan fingerprint density at radius 2 is 2.25 bits per heavy atom. The number of hydrogen-bond acceptors (Lipinski definition) is 4. The summed E-state index contributed by atoms with van der Waals surface area (Å²) in [5.41, 5.74) is 7.36. The highest BCUT2D eigenvalue weighted by atomic mass is 16.5. The zero-order valence-corrected chi connectivity index (χ0v) is 9.67. The minimum Gasteiger partial charge on any atom is -0.338 e. The van der Waals surface area contributed by atoms with Gasteiger partial charge in [0.25, 0.3) is 0 Å². The summed E-state index contributed by atoms with van der Waals surface area (Å²) in [6, 6.07) is 0. The van der Waals surface area contributed by atoms with Crippen molar-refractivity contribution in [2.75, 3.05) is 5.32 Å². The maximum Gasteiger partial charge on any atom is 0.234 e. The van der Waals surface area contributed by atoms with Crippen molar-refractivity contribution in [3.05, 3.63) is 11.3 Å². The molecule has 5 nitrogen and oxygen atoms in total. The Labute approximate surface area is 94.4 Å². The molecule has 1 aliphatic rings. The van der Waals surface area contributed by atoms with Crippen LogP contribution in [0.3, 0.4) is 0 Å². The Morgan fingerprint density at radius 3 is 2.69 bits per heavy atom. The predicted octanol–water partition coefficient (Wildman–Crippen LogP) is 1.50. The van der Waals surface area contributed by atoms with Crippen molar-refractivity contribution in [1.29, 1.82) is 0 Å². The molecule has 1 aliphatic carbocycles. The van der Waals surface area contributed by atoms with Gasteiger partial charge in [0.1, 0.15) is 0 Å². The molecule has 1 aromatic rings. The maximum absolute atomic E-state index is 11.7. The fourth-order valence-corrected chi connectivity index (χ4v) is 1.83. The van der Waals surface area contributed by atoms with Crippen molar-refractivity contribution in [1.82, 2.24) is 5.16 Å². The number of carbonyl (C=O) groups excluding carboxylic acids is 1. The summed E-state index contributed by atoms with van der Waals surface area (Å²) >= 11 is 0. The maximum atomic E-state index is 11.7. The monoisotopic (exact) mass is 223 g/mol. The first-order chi connectivity index (χ1) is 7.50. The van der Waals surface area contributed by atoms with Crippen LogP contribution in [-0.4, -0.2) is 16.6 Å². The molecular weight excluding hydrogens is 206 g/mol. The fourth-order valence-electron chi connectivity index (χ4n) is 1.83. The van der Waals surface area contributed by atoms with Gasteiger partial charge >= 0.3 is 0 Å². The van der Waals surface area contributed by atoms with E-state index >= 15 is 0 Å². The van der Waals surface area contributed by atoms with Crippen LogP contribution in [0.5, 0.6) is 0 Å². The molecule has 0 aromatic carbocycles. The van der Waals surface area contributed by atoms with Crippen LogP contribution in [0.2, 0.25) is 0 Å². The highest BCUT2D eigenvalue weighted by Crippen LogP contribution is 2.32. The van der Waals surface area contributed by atoms with Gasteiger partial charge in [0.05, 0.1) is 5.69 Å². The number of nitrogens with zero attached hydrogens (tertiary/aromatic N) is 1. The van der Waals surface area contributed by atoms with Crippen LogP contribution in [-0.2, 0) is 4.79 Å². The molecule has 1 saturated carbocycles. The van der Waals surface area contributed by atoms with E-state index in [0.717, 1.165) is 30.5 Å². The Morgan fingerprint density at radius 1 is 1.56 bits per heavy atom. The van der Waals surface area contributed by atoms with Gasteiger partial charge in [-0.05, 0) is 33.1 Å². The van der Waals surface area contributed by atoms with E-state index in [0.29, 0.717) is 12.3 Å². The van der Waals surface area contributed by atoms with Gasteiger partial charge in [-0.3, -0.25) is 10.1 Å². The molecule has 5 heteroatoms. The third-order valence-electron chi connectivity index (χ3n) is 3.27. The Hall–Kier alpha value is -1.36. The number of carbonyl (C=O) groups is 1. The number of aryl methyl sites for hydroxylation is 1. The molecule has 16 heavy (non-hydrogen) atoms. The normalized spacial score (nSPS) is 17.9. The summed E-state index contributed by atoms with van der Waals surface area (Å²) in [4.78, 5) is 11.7. The van der Waals surface area contributed by atoms with Gasteiger partial charge in [-0.1, -0.05) is 5.16 Å². The summed E-state index contributed by atoms with van der Waals surface area (Å²) in [7, 11) is 0. The summed E-state index contributed by atoms with van der Waals surface area (Å²) < 4.78 is 5.01. The standard InChI is InChI=1S/C11H17N3O2/c1-7-8(2)14-16-10(7)13-9(15)6-11(12)4-3-5-11/h3-6,12H2,1-2H3,(H,13,15). The SMILES string of the molecule is Cc1noc(NC(=O)CC2(N)CCC2)c1C. The van der Waals surface area contributed by atoms with Gasteiger partial charge in [-0.25, -0.2) is 0 Å². The van der Waals surface area contributed by atoms with Crippen LogP contribution in [0.4, 0.5) is 5.88 Å². The fraction of sp³-hybridized carbons (Fsp3) is 0.636. The molecule has 3 N–H and O–H groups in total. The lowest BCUT2D eigenvalue weighted by atomic mass is 9.75. The summed E-state index contributed by atoms with van der Waals surface area (Å²) in [6.45, 7) is 3.70. The topological polar surface area (TPSA) is 81.2 Å². The van der Waals surface area contributed by atoms with Crippen LogP contribution in [0.15, 0.2) is 4.52 Å². The van der Waals surface area contributed by atoms with Crippen molar-refractivity contribution >= 4 is 11.8 Å². The summed E-state index contributed by atoms with van der Waals surface area (Å²) in [5, 5.41) is 6.49. The van der Waals surface area contributed by atoms with Gasteiger partial charge in [0.2, 0.25) is 11.8 Å². The van der Waals surface area contributed by atoms with Crippen molar-refractivity contribution in [2.45, 2.75) is 45.1 Å². The van der Waals surface area contributed by atoms with Crippen LogP contribution in [0.1, 0.15) is 36.9 Å². The summed E-state index contributed by atoms with van der Waals surface area (Å²) in [5.74, 6) is 0.340. The van der Waals surface area contributed by atoms with Crippen molar-refractivity contribution in [3.8, 4) is 0 Å². The zero-order chi connectivity index (χ0) is 11.8. The van der Waals surface area contributed by atoms with E-state index in [-0.39, 0.29) is 11.4 Å². The quantitative estimate of drug-likeness (QED) is 0.813. The van der Waals surface area contributed by atoms with Crippen LogP contribution >= 0.6 is 0 Å². The van der Waals surface area contributed by atoms with E-state index in [4.69, 9.17) is 10.3 Å². The Kier molecular flexibility index (Phi) is 2.71. The molecule has 0 atom stereocenters. The number of nitrogens with two attached hydrogens (primary N) is 1. The summed E-state index contributed by atoms with van der Waals surface area (Å²) in [6.07, 6.45) is 3.32. The van der Waals surface area contributed by atoms with Gasteiger partial charge in [-0.15, -0.1) is 0 Å². The lowest BCUT2D eigenvalue weighted by Crippen LogP contribution is -2.48. The molecule has 2 rings (SSSR count). The zero-order valence-electron chi connectivity index (χ0n) is 9.67. The smallest absolute Gasteiger partial charge is 0.234 e. The second-order valence-corrected chi connectivity index (χ2v) is 4.66. The van der Waals surface area contributed by atoms with E-state index in [1.165, 1.54) is 0 Å². The first-order valence-corrected chi connectivity index (χ1v) is 5.52. The second-order valence-electron chi connectivity index (χ2n) is 4.66. The number of anilines is 1. The molecule has 0 aliphatic heterocycles. The van der Waals surface area contributed by atoms with Gasteiger partial charge < -0.3 is 10.3 Å². The minimum atomic E-state index is -0.299. The molecule has 0 unspecified atom stereocenters. The highest BCUT2D eigenvalue weighted by molar-refractivity contribution is 5.90. The predicted molar refractivity (Wildman–Crippen MR) is 60.0 cm³/mol. The molecule has 0 spiro atoms. The first kappa shape index (κ1) is 11.1. The molecular formula is C11H17N3O2. The Balaban J connectivity index is 1.94. The van der Waals surface area contributed by atoms with E-state index in [1.807, 2.05) is 13.8 Å². The van der Waals surface area contributed by atoms with Gasteiger partial charge in [0.15, 0.2) is 0 Å². The van der Waals surface area contributed by atoms with Gasteiger partial charge in [-0.2, -0.15) is 0 Å². The molecule has 0 radical (unpaired) electrons. The van der Waals surface area contributed by atoms with E-state index in [1.54, 1.807) is 0 Å². The largest absolute Gasteiger partial charge is 0.338 e. The van der Waals surface area contributed by atoms with Gasteiger partial charge in [0, 0.05) is 17.5 Å². The number of rotatable bonds is 3. The van der Waals surface area contributed by atoms with E-state index < -0.39 is 0 Å². The molecule has 88 valence electrons. The molecule has 1 fully saturated rings. The van der Waals surface area contributed by atoms with E-state index in [9.17, 15) is 4.79 Å². The average Bonchev–Trinajstić information content (AvgIpc) is 2.47. The average molecular weight is 223 g/mol. The molecule has 1 heterocycles.